The predicted octanol–water partition coefficient (Wildman–Crippen LogP) is 4.32. The fourth-order valence-electron chi connectivity index (χ4n) is 3.27. The van der Waals surface area contributed by atoms with Crippen LogP contribution in [-0.4, -0.2) is 35.2 Å². The average molecular weight is 389 g/mol. The number of carbonyl (C=O) groups is 2. The smallest absolute Gasteiger partial charge is 0.333 e. The Bertz CT molecular complexity index is 841. The van der Waals surface area contributed by atoms with Crippen LogP contribution in [0.1, 0.15) is 17.9 Å². The van der Waals surface area contributed by atoms with Crippen molar-refractivity contribution >= 4 is 41.0 Å². The maximum absolute atomic E-state index is 13.0. The normalized spacial score (nSPS) is 22.1. The van der Waals surface area contributed by atoms with Gasteiger partial charge in [-0.3, -0.25) is 9.69 Å². The number of rotatable bonds is 4. The Hall–Kier alpha value is -2.18. The van der Waals surface area contributed by atoms with E-state index in [1.54, 1.807) is 40.9 Å². The van der Waals surface area contributed by atoms with E-state index in [1.807, 2.05) is 31.2 Å². The molecule has 0 bridgehead atoms. The minimum absolute atomic E-state index is 0.176. The number of thioether (sulfide) groups is 1. The molecule has 2 heterocycles. The fourth-order valence-corrected chi connectivity index (χ4v) is 4.81. The minimum atomic E-state index is -0.431. The van der Waals surface area contributed by atoms with Crippen LogP contribution in [0.2, 0.25) is 5.02 Å². The lowest BCUT2D eigenvalue weighted by Crippen LogP contribution is -2.33. The molecule has 0 aromatic heterocycles. The monoisotopic (exact) mass is 388 g/mol. The van der Waals surface area contributed by atoms with Crippen LogP contribution in [0.25, 0.3) is 0 Å². The van der Waals surface area contributed by atoms with Crippen LogP contribution >= 0.6 is 23.4 Å². The Balaban J connectivity index is 1.61. The van der Waals surface area contributed by atoms with Crippen molar-refractivity contribution in [1.29, 1.82) is 0 Å². The van der Waals surface area contributed by atoms with E-state index in [4.69, 9.17) is 16.3 Å². The predicted molar refractivity (Wildman–Crippen MR) is 103 cm³/mol. The van der Waals surface area contributed by atoms with Gasteiger partial charge in [-0.1, -0.05) is 23.7 Å². The van der Waals surface area contributed by atoms with Crippen molar-refractivity contribution in [3.05, 3.63) is 59.1 Å². The number of carbonyl (C=O) groups excluding carboxylic acids is 2. The van der Waals surface area contributed by atoms with Gasteiger partial charge in [0.25, 0.3) is 5.91 Å². The molecule has 0 N–H and O–H groups in total. The topological polar surface area (TPSA) is 49.9 Å². The van der Waals surface area contributed by atoms with E-state index in [-0.39, 0.29) is 17.3 Å². The van der Waals surface area contributed by atoms with Crippen LogP contribution in [0, 0.1) is 0 Å². The van der Waals surface area contributed by atoms with E-state index < -0.39 is 6.04 Å². The van der Waals surface area contributed by atoms with Crippen molar-refractivity contribution in [2.45, 2.75) is 18.3 Å². The number of ether oxygens (including phenoxy) is 1. The van der Waals surface area contributed by atoms with Gasteiger partial charge in [0.2, 0.25) is 0 Å². The minimum Gasteiger partial charge on any atom is -0.494 e. The zero-order chi connectivity index (χ0) is 18.3. The molecular weight excluding hydrogens is 372 g/mol. The highest BCUT2D eigenvalue weighted by Crippen LogP contribution is 2.46. The lowest BCUT2D eigenvalue weighted by atomic mass is 10.2. The van der Waals surface area contributed by atoms with Gasteiger partial charge in [-0.25, -0.2) is 9.69 Å². The number of imide groups is 1. The van der Waals surface area contributed by atoms with Crippen LogP contribution < -0.4 is 9.64 Å². The number of halogens is 1. The second-order valence-electron chi connectivity index (χ2n) is 6.04. The Morgan fingerprint density at radius 2 is 1.81 bits per heavy atom. The molecule has 7 heteroatoms. The van der Waals surface area contributed by atoms with E-state index in [2.05, 4.69) is 0 Å². The first-order chi connectivity index (χ1) is 12.6. The first-order valence-corrected chi connectivity index (χ1v) is 9.79. The Labute approximate surface area is 160 Å². The molecule has 0 radical (unpaired) electrons. The summed E-state index contributed by atoms with van der Waals surface area (Å²) in [7, 11) is 0. The van der Waals surface area contributed by atoms with Crippen molar-refractivity contribution < 1.29 is 14.3 Å². The number of anilines is 1. The summed E-state index contributed by atoms with van der Waals surface area (Å²) in [6.07, 6.45) is 0. The number of amides is 3. The molecule has 2 fully saturated rings. The lowest BCUT2D eigenvalue weighted by Gasteiger charge is -2.23. The fraction of sp³-hybridized carbons (Fsp3) is 0.263. The quantitative estimate of drug-likeness (QED) is 0.732. The number of nitrogens with zero attached hydrogens (tertiary/aromatic N) is 2. The summed E-state index contributed by atoms with van der Waals surface area (Å²) in [4.78, 5) is 28.7. The van der Waals surface area contributed by atoms with Gasteiger partial charge in [0.15, 0.2) is 0 Å². The van der Waals surface area contributed by atoms with Gasteiger partial charge >= 0.3 is 6.03 Å². The molecule has 0 saturated carbocycles. The van der Waals surface area contributed by atoms with Crippen LogP contribution in [0.15, 0.2) is 48.5 Å². The molecule has 134 valence electrons. The number of hydrogen-bond acceptors (Lipinski definition) is 4. The van der Waals surface area contributed by atoms with Gasteiger partial charge in [0.1, 0.15) is 17.2 Å². The summed E-state index contributed by atoms with van der Waals surface area (Å²) in [5, 5.41) is 0.389. The van der Waals surface area contributed by atoms with E-state index in [0.717, 1.165) is 11.3 Å². The van der Waals surface area contributed by atoms with Gasteiger partial charge in [-0.2, -0.15) is 0 Å². The summed E-state index contributed by atoms with van der Waals surface area (Å²) < 4.78 is 5.47. The van der Waals surface area contributed by atoms with Crippen molar-refractivity contribution in [2.24, 2.45) is 0 Å². The molecule has 3 amide bonds. The average Bonchev–Trinajstić information content (AvgIpc) is 3.18. The maximum Gasteiger partial charge on any atom is 0.333 e. The third-order valence-electron chi connectivity index (χ3n) is 4.48. The second-order valence-corrected chi connectivity index (χ2v) is 7.59. The van der Waals surface area contributed by atoms with E-state index in [1.165, 1.54) is 4.90 Å². The molecule has 5 nitrogen and oxygen atoms in total. The van der Waals surface area contributed by atoms with Crippen LogP contribution in [0.4, 0.5) is 10.5 Å². The zero-order valence-electron chi connectivity index (χ0n) is 14.1. The summed E-state index contributed by atoms with van der Waals surface area (Å²) in [6, 6.07) is 13.7. The summed E-state index contributed by atoms with van der Waals surface area (Å²) in [5.41, 5.74) is 1.54. The zero-order valence-corrected chi connectivity index (χ0v) is 15.7. The third-order valence-corrected chi connectivity index (χ3v) is 6.05. The van der Waals surface area contributed by atoms with Crippen LogP contribution in [-0.2, 0) is 4.79 Å². The molecule has 0 unspecified atom stereocenters. The number of urea groups is 1. The molecule has 4 rings (SSSR count). The highest BCUT2D eigenvalue weighted by Gasteiger charge is 2.53. The molecule has 2 aromatic carbocycles. The van der Waals surface area contributed by atoms with E-state index >= 15 is 0 Å². The molecular formula is C19H17ClN2O3S. The number of fused-ring (bicyclic) bond motifs is 1. The SMILES string of the molecule is CCOc1ccc([C@@H]2SC[C@H]3C(=O)N(c4ccc(Cl)cc4)C(=O)N32)cc1. The Morgan fingerprint density at radius 3 is 2.46 bits per heavy atom. The highest BCUT2D eigenvalue weighted by atomic mass is 35.5. The maximum atomic E-state index is 13.0. The summed E-state index contributed by atoms with van der Waals surface area (Å²) in [5.74, 6) is 1.20. The Morgan fingerprint density at radius 1 is 1.12 bits per heavy atom. The van der Waals surface area contributed by atoms with E-state index in [0.29, 0.717) is 23.1 Å². The van der Waals surface area contributed by atoms with Gasteiger partial charge in [-0.05, 0) is 48.9 Å². The molecule has 0 spiro atoms. The largest absolute Gasteiger partial charge is 0.494 e. The first kappa shape index (κ1) is 17.2. The van der Waals surface area contributed by atoms with Gasteiger partial charge in [-0.15, -0.1) is 11.8 Å². The van der Waals surface area contributed by atoms with Crippen molar-refractivity contribution in [3.8, 4) is 5.75 Å². The lowest BCUT2D eigenvalue weighted by molar-refractivity contribution is -0.119. The summed E-state index contributed by atoms with van der Waals surface area (Å²) in [6.45, 7) is 2.54. The molecule has 2 aromatic rings. The standard InChI is InChI=1S/C19H17ClN2O3S/c1-2-25-15-9-3-12(4-10-15)18-22-16(11-26-18)17(23)21(19(22)24)14-7-5-13(20)6-8-14/h3-10,16,18H,2,11H2,1H3/t16-,18-/m0/s1. The summed E-state index contributed by atoms with van der Waals surface area (Å²) >= 11 is 7.52. The molecule has 2 aliphatic heterocycles. The molecule has 2 saturated heterocycles. The number of benzene rings is 2. The molecule has 2 aliphatic rings. The second kappa shape index (κ2) is 6.85. The van der Waals surface area contributed by atoms with Crippen molar-refractivity contribution in [3.63, 3.8) is 0 Å². The third kappa shape index (κ3) is 2.83. The first-order valence-electron chi connectivity index (χ1n) is 8.36. The van der Waals surface area contributed by atoms with E-state index in [9.17, 15) is 9.59 Å². The van der Waals surface area contributed by atoms with Gasteiger partial charge in [0.05, 0.1) is 12.3 Å². The molecule has 2 atom stereocenters. The van der Waals surface area contributed by atoms with Crippen molar-refractivity contribution in [2.75, 3.05) is 17.3 Å². The number of hydrogen-bond donors (Lipinski definition) is 0. The van der Waals surface area contributed by atoms with Crippen LogP contribution in [0.5, 0.6) is 5.75 Å². The van der Waals surface area contributed by atoms with Crippen LogP contribution in [0.3, 0.4) is 0 Å². The van der Waals surface area contributed by atoms with Crippen molar-refractivity contribution in [1.82, 2.24) is 4.90 Å². The highest BCUT2D eigenvalue weighted by molar-refractivity contribution is 7.99. The molecule has 0 aliphatic carbocycles. The van der Waals surface area contributed by atoms with Gasteiger partial charge < -0.3 is 4.74 Å². The van der Waals surface area contributed by atoms with Gasteiger partial charge in [0, 0.05) is 10.8 Å². The molecule has 26 heavy (non-hydrogen) atoms. The Kier molecular flexibility index (Phi) is 4.54.